The molecule has 0 fully saturated rings. The topological polar surface area (TPSA) is 29.1 Å². The number of carbonyl (C=O) groups excluding carboxylic acids is 1. The number of hydrogen-bond donors (Lipinski definition) is 1. The fraction of sp³-hybridized carbons (Fsp3) is 0.417. The summed E-state index contributed by atoms with van der Waals surface area (Å²) in [7, 11) is 0. The van der Waals surface area contributed by atoms with Gasteiger partial charge in [0.15, 0.2) is 17.4 Å². The first-order chi connectivity index (χ1) is 7.56. The van der Waals surface area contributed by atoms with Gasteiger partial charge in [0.05, 0.1) is 0 Å². The van der Waals surface area contributed by atoms with Gasteiger partial charge in [-0.25, -0.2) is 8.78 Å². The molecule has 0 saturated carbocycles. The quantitative estimate of drug-likeness (QED) is 0.782. The summed E-state index contributed by atoms with van der Waals surface area (Å²) in [6.45, 7) is 5.00. The van der Waals surface area contributed by atoms with Crippen LogP contribution < -0.4 is 5.32 Å². The minimum Gasteiger partial charge on any atom is -0.316 e. The van der Waals surface area contributed by atoms with E-state index in [2.05, 4.69) is 5.32 Å². The van der Waals surface area contributed by atoms with Crippen LogP contribution in [0.2, 0.25) is 0 Å². The molecule has 1 rings (SSSR count). The zero-order chi connectivity index (χ0) is 12.1. The van der Waals surface area contributed by atoms with E-state index in [-0.39, 0.29) is 17.3 Å². The van der Waals surface area contributed by atoms with Gasteiger partial charge in [0, 0.05) is 18.0 Å². The molecule has 1 N–H and O–H groups in total. The van der Waals surface area contributed by atoms with Crippen LogP contribution in [0.3, 0.4) is 0 Å². The molecule has 88 valence electrons. The summed E-state index contributed by atoms with van der Waals surface area (Å²) in [5.74, 6) is -2.35. The van der Waals surface area contributed by atoms with Gasteiger partial charge in [-0.3, -0.25) is 4.79 Å². The lowest BCUT2D eigenvalue weighted by Crippen LogP contribution is -2.26. The van der Waals surface area contributed by atoms with Crippen LogP contribution in [0.1, 0.15) is 24.2 Å². The predicted octanol–water partition coefficient (Wildman–Crippen LogP) is 2.39. The fourth-order valence-corrected chi connectivity index (χ4v) is 1.39. The van der Waals surface area contributed by atoms with Crippen LogP contribution in [0, 0.1) is 17.6 Å². The van der Waals surface area contributed by atoms with Gasteiger partial charge in [-0.15, -0.1) is 0 Å². The number of hydrogen-bond acceptors (Lipinski definition) is 2. The molecule has 0 amide bonds. The van der Waals surface area contributed by atoms with Gasteiger partial charge in [0.2, 0.25) is 0 Å². The van der Waals surface area contributed by atoms with Crippen LogP contribution in [-0.2, 0) is 0 Å². The van der Waals surface area contributed by atoms with Crippen molar-refractivity contribution < 1.29 is 13.6 Å². The highest BCUT2D eigenvalue weighted by Gasteiger charge is 2.16. The second kappa shape index (κ2) is 5.70. The third-order valence-electron chi connectivity index (χ3n) is 2.35. The Bertz CT molecular complexity index is 379. The normalized spacial score (nSPS) is 12.5. The molecule has 0 heterocycles. The molecule has 0 radical (unpaired) electrons. The maximum absolute atomic E-state index is 12.9. The second-order valence-electron chi connectivity index (χ2n) is 3.70. The van der Waals surface area contributed by atoms with Crippen molar-refractivity contribution >= 4 is 5.78 Å². The van der Waals surface area contributed by atoms with Gasteiger partial charge >= 0.3 is 0 Å². The number of carbonyl (C=O) groups is 1. The second-order valence-corrected chi connectivity index (χ2v) is 3.70. The van der Waals surface area contributed by atoms with E-state index < -0.39 is 11.6 Å². The summed E-state index contributed by atoms with van der Waals surface area (Å²) >= 11 is 0. The smallest absolute Gasteiger partial charge is 0.167 e. The van der Waals surface area contributed by atoms with Crippen LogP contribution in [0.5, 0.6) is 0 Å². The van der Waals surface area contributed by atoms with Gasteiger partial charge in [-0.05, 0) is 24.7 Å². The van der Waals surface area contributed by atoms with Crippen LogP contribution in [-0.4, -0.2) is 18.9 Å². The summed E-state index contributed by atoms with van der Waals surface area (Å²) in [6, 6.07) is 3.23. The summed E-state index contributed by atoms with van der Waals surface area (Å²) in [5.41, 5.74) is 0.212. The summed E-state index contributed by atoms with van der Waals surface area (Å²) in [4.78, 5) is 11.8. The van der Waals surface area contributed by atoms with Gasteiger partial charge in [0.25, 0.3) is 0 Å². The Kier molecular flexibility index (Phi) is 4.55. The maximum atomic E-state index is 12.9. The highest BCUT2D eigenvalue weighted by molar-refractivity contribution is 5.97. The van der Waals surface area contributed by atoms with Gasteiger partial charge in [0.1, 0.15) is 0 Å². The number of nitrogens with one attached hydrogen (secondary N) is 1. The van der Waals surface area contributed by atoms with E-state index in [9.17, 15) is 13.6 Å². The van der Waals surface area contributed by atoms with Crippen molar-refractivity contribution in [3.63, 3.8) is 0 Å². The third kappa shape index (κ3) is 3.10. The van der Waals surface area contributed by atoms with E-state index >= 15 is 0 Å². The number of Topliss-reactive ketones (excluding diaryl/α,β-unsaturated/α-hetero) is 1. The largest absolute Gasteiger partial charge is 0.316 e. The Morgan fingerprint density at radius 2 is 2.06 bits per heavy atom. The van der Waals surface area contributed by atoms with Crippen LogP contribution >= 0.6 is 0 Å². The maximum Gasteiger partial charge on any atom is 0.167 e. The lowest BCUT2D eigenvalue weighted by molar-refractivity contribution is 0.0928. The minimum absolute atomic E-state index is 0.181. The average Bonchev–Trinajstić information content (AvgIpc) is 2.28. The lowest BCUT2D eigenvalue weighted by atomic mass is 9.99. The number of ketones is 1. The first-order valence-corrected chi connectivity index (χ1v) is 5.26. The van der Waals surface area contributed by atoms with Crippen molar-refractivity contribution in [2.45, 2.75) is 13.8 Å². The van der Waals surface area contributed by atoms with Gasteiger partial charge in [-0.1, -0.05) is 13.8 Å². The van der Waals surface area contributed by atoms with E-state index in [0.29, 0.717) is 6.54 Å². The Balaban J connectivity index is 2.76. The molecule has 1 unspecified atom stereocenters. The van der Waals surface area contributed by atoms with Crippen molar-refractivity contribution in [1.29, 1.82) is 0 Å². The van der Waals surface area contributed by atoms with Crippen LogP contribution in [0.4, 0.5) is 8.78 Å². The SMILES string of the molecule is CCNCC(C)C(=O)c1ccc(F)c(F)c1. The fourth-order valence-electron chi connectivity index (χ4n) is 1.39. The van der Waals surface area contributed by atoms with E-state index in [1.165, 1.54) is 6.07 Å². The zero-order valence-electron chi connectivity index (χ0n) is 9.39. The van der Waals surface area contributed by atoms with E-state index in [0.717, 1.165) is 18.7 Å². The number of halogens is 2. The Hall–Kier alpha value is -1.29. The molecule has 0 aromatic heterocycles. The first kappa shape index (κ1) is 12.8. The van der Waals surface area contributed by atoms with Crippen molar-refractivity contribution in [2.75, 3.05) is 13.1 Å². The zero-order valence-corrected chi connectivity index (χ0v) is 9.39. The molecule has 16 heavy (non-hydrogen) atoms. The Labute approximate surface area is 93.7 Å². The summed E-state index contributed by atoms with van der Waals surface area (Å²) in [6.07, 6.45) is 0. The molecule has 4 heteroatoms. The molecule has 0 aliphatic carbocycles. The van der Waals surface area contributed by atoms with Crippen molar-refractivity contribution in [1.82, 2.24) is 5.32 Å². The third-order valence-corrected chi connectivity index (χ3v) is 2.35. The summed E-state index contributed by atoms with van der Waals surface area (Å²) < 4.78 is 25.6. The highest BCUT2D eigenvalue weighted by atomic mass is 19.2. The Morgan fingerprint density at radius 1 is 1.38 bits per heavy atom. The molecule has 1 aromatic rings. The molecular formula is C12H15F2NO. The molecular weight excluding hydrogens is 212 g/mol. The first-order valence-electron chi connectivity index (χ1n) is 5.26. The molecule has 1 atom stereocenters. The minimum atomic E-state index is -0.985. The molecule has 0 aliphatic rings. The average molecular weight is 227 g/mol. The van der Waals surface area contributed by atoms with E-state index in [4.69, 9.17) is 0 Å². The molecule has 0 saturated heterocycles. The predicted molar refractivity (Wildman–Crippen MR) is 58.4 cm³/mol. The standard InChI is InChI=1S/C12H15F2NO/c1-3-15-7-8(2)12(16)9-4-5-10(13)11(14)6-9/h4-6,8,15H,3,7H2,1-2H3. The molecule has 0 spiro atoms. The Morgan fingerprint density at radius 3 is 2.62 bits per heavy atom. The van der Waals surface area contributed by atoms with E-state index in [1.807, 2.05) is 6.92 Å². The highest BCUT2D eigenvalue weighted by Crippen LogP contribution is 2.12. The summed E-state index contributed by atoms with van der Waals surface area (Å²) in [5, 5.41) is 3.04. The van der Waals surface area contributed by atoms with Crippen LogP contribution in [0.25, 0.3) is 0 Å². The van der Waals surface area contributed by atoms with E-state index in [1.54, 1.807) is 6.92 Å². The monoisotopic (exact) mass is 227 g/mol. The molecule has 0 aliphatic heterocycles. The molecule has 0 bridgehead atoms. The van der Waals surface area contributed by atoms with Gasteiger partial charge < -0.3 is 5.32 Å². The molecule has 2 nitrogen and oxygen atoms in total. The van der Waals surface area contributed by atoms with Gasteiger partial charge in [-0.2, -0.15) is 0 Å². The number of benzene rings is 1. The van der Waals surface area contributed by atoms with Crippen molar-refractivity contribution in [3.8, 4) is 0 Å². The van der Waals surface area contributed by atoms with Crippen molar-refractivity contribution in [3.05, 3.63) is 35.4 Å². The number of rotatable bonds is 5. The van der Waals surface area contributed by atoms with Crippen LogP contribution in [0.15, 0.2) is 18.2 Å². The van der Waals surface area contributed by atoms with Crippen molar-refractivity contribution in [2.24, 2.45) is 5.92 Å². The lowest BCUT2D eigenvalue weighted by Gasteiger charge is -2.10. The molecule has 1 aromatic carbocycles.